The predicted octanol–water partition coefficient (Wildman–Crippen LogP) is 3.65. The molecule has 5 nitrogen and oxygen atoms in total. The lowest BCUT2D eigenvalue weighted by atomic mass is 9.80. The number of amides is 1. The maximum atomic E-state index is 12.5. The number of hydrogen-bond acceptors (Lipinski definition) is 4. The molecule has 0 unspecified atom stereocenters. The van der Waals surface area contributed by atoms with Crippen LogP contribution in [0.5, 0.6) is 0 Å². The largest absolute Gasteiger partial charge is 0.295 e. The first-order valence-corrected chi connectivity index (χ1v) is 8.51. The Morgan fingerprint density at radius 1 is 1.16 bits per heavy atom. The van der Waals surface area contributed by atoms with Crippen molar-refractivity contribution in [3.63, 3.8) is 0 Å². The first kappa shape index (κ1) is 17.3. The summed E-state index contributed by atoms with van der Waals surface area (Å²) >= 11 is 0. The molecule has 0 aliphatic heterocycles. The van der Waals surface area contributed by atoms with Crippen LogP contribution in [0.3, 0.4) is 0 Å². The zero-order valence-electron chi connectivity index (χ0n) is 15.1. The van der Waals surface area contributed by atoms with Crippen LogP contribution in [-0.4, -0.2) is 21.7 Å². The van der Waals surface area contributed by atoms with E-state index in [0.29, 0.717) is 24.1 Å². The SMILES string of the molecule is CC(=O)Nc1ncc2c(n1)C[C@H](c1ccc(C(C)(C)C)cc1)CC2=O. The normalized spacial score (nSPS) is 17.1. The summed E-state index contributed by atoms with van der Waals surface area (Å²) in [7, 11) is 0. The Morgan fingerprint density at radius 2 is 1.84 bits per heavy atom. The Bertz CT molecular complexity index is 820. The molecule has 1 aromatic carbocycles. The van der Waals surface area contributed by atoms with Crippen molar-refractivity contribution in [3.8, 4) is 0 Å². The van der Waals surface area contributed by atoms with Gasteiger partial charge in [0, 0.05) is 19.5 Å². The Morgan fingerprint density at radius 3 is 2.44 bits per heavy atom. The van der Waals surface area contributed by atoms with Gasteiger partial charge in [0.25, 0.3) is 0 Å². The van der Waals surface area contributed by atoms with Crippen molar-refractivity contribution in [1.82, 2.24) is 9.97 Å². The van der Waals surface area contributed by atoms with Gasteiger partial charge in [0.2, 0.25) is 11.9 Å². The molecule has 1 amide bonds. The van der Waals surface area contributed by atoms with Crippen LogP contribution in [0.15, 0.2) is 30.5 Å². The van der Waals surface area contributed by atoms with Crippen LogP contribution < -0.4 is 5.32 Å². The van der Waals surface area contributed by atoms with Gasteiger partial charge in [-0.2, -0.15) is 0 Å². The van der Waals surface area contributed by atoms with Gasteiger partial charge < -0.3 is 0 Å². The second kappa shape index (κ2) is 6.39. The summed E-state index contributed by atoms with van der Waals surface area (Å²) in [5.41, 5.74) is 3.80. The van der Waals surface area contributed by atoms with E-state index in [-0.39, 0.29) is 29.0 Å². The smallest absolute Gasteiger partial charge is 0.229 e. The van der Waals surface area contributed by atoms with E-state index in [4.69, 9.17) is 0 Å². The van der Waals surface area contributed by atoms with Crippen LogP contribution in [0.1, 0.15) is 67.2 Å². The molecule has 0 saturated heterocycles. The van der Waals surface area contributed by atoms with Gasteiger partial charge in [-0.15, -0.1) is 0 Å². The average Bonchev–Trinajstić information content (AvgIpc) is 2.53. The van der Waals surface area contributed by atoms with Gasteiger partial charge in [0.05, 0.1) is 11.3 Å². The minimum absolute atomic E-state index is 0.0560. The summed E-state index contributed by atoms with van der Waals surface area (Å²) in [5.74, 6) is 0.189. The first-order valence-electron chi connectivity index (χ1n) is 8.51. The summed E-state index contributed by atoms with van der Waals surface area (Å²) in [6, 6.07) is 8.50. The molecule has 5 heteroatoms. The van der Waals surface area contributed by atoms with Crippen molar-refractivity contribution in [3.05, 3.63) is 52.8 Å². The monoisotopic (exact) mass is 337 g/mol. The van der Waals surface area contributed by atoms with Crippen molar-refractivity contribution in [1.29, 1.82) is 0 Å². The number of carbonyl (C=O) groups excluding carboxylic acids is 2. The molecule has 1 N–H and O–H groups in total. The molecule has 0 fully saturated rings. The highest BCUT2D eigenvalue weighted by Gasteiger charge is 2.28. The van der Waals surface area contributed by atoms with E-state index in [2.05, 4.69) is 60.3 Å². The Hall–Kier alpha value is -2.56. The third kappa shape index (κ3) is 3.76. The van der Waals surface area contributed by atoms with Gasteiger partial charge in [0.1, 0.15) is 0 Å². The van der Waals surface area contributed by atoms with Gasteiger partial charge >= 0.3 is 0 Å². The van der Waals surface area contributed by atoms with Gasteiger partial charge in [-0.25, -0.2) is 9.97 Å². The predicted molar refractivity (Wildman–Crippen MR) is 96.9 cm³/mol. The number of anilines is 1. The van der Waals surface area contributed by atoms with E-state index in [1.54, 1.807) is 0 Å². The number of benzene rings is 1. The zero-order valence-corrected chi connectivity index (χ0v) is 15.1. The van der Waals surface area contributed by atoms with Gasteiger partial charge in [-0.3, -0.25) is 14.9 Å². The second-order valence-corrected chi connectivity index (χ2v) is 7.64. The minimum Gasteiger partial charge on any atom is -0.295 e. The lowest BCUT2D eigenvalue weighted by Gasteiger charge is -2.25. The fourth-order valence-electron chi connectivity index (χ4n) is 3.15. The van der Waals surface area contributed by atoms with E-state index in [1.165, 1.54) is 18.7 Å². The third-order valence-corrected chi connectivity index (χ3v) is 4.58. The Balaban J connectivity index is 1.87. The Labute approximate surface area is 147 Å². The number of carbonyl (C=O) groups is 2. The molecule has 1 aliphatic carbocycles. The Kier molecular flexibility index (Phi) is 4.41. The van der Waals surface area contributed by atoms with Crippen LogP contribution in [0.2, 0.25) is 0 Å². The van der Waals surface area contributed by atoms with Crippen LogP contribution in [-0.2, 0) is 16.6 Å². The number of ketones is 1. The highest BCUT2D eigenvalue weighted by Crippen LogP contribution is 2.33. The topological polar surface area (TPSA) is 72.0 Å². The van der Waals surface area contributed by atoms with Gasteiger partial charge in [-0.1, -0.05) is 45.0 Å². The van der Waals surface area contributed by atoms with Crippen LogP contribution in [0.4, 0.5) is 5.95 Å². The standard InChI is InChI=1S/C20H23N3O2/c1-12(24)22-19-21-11-16-17(23-19)9-14(10-18(16)25)13-5-7-15(8-6-13)20(2,3)4/h5-8,11,14H,9-10H2,1-4H3,(H,21,22,23,24)/t14-/m0/s1. The average molecular weight is 337 g/mol. The first-order chi connectivity index (χ1) is 11.7. The van der Waals surface area contributed by atoms with E-state index >= 15 is 0 Å². The molecule has 1 atom stereocenters. The minimum atomic E-state index is -0.226. The van der Waals surface area contributed by atoms with Crippen molar-refractivity contribution >= 4 is 17.6 Å². The number of aromatic nitrogens is 2. The summed E-state index contributed by atoms with van der Waals surface area (Å²) in [6.45, 7) is 7.96. The molecule has 25 heavy (non-hydrogen) atoms. The molecule has 1 heterocycles. The quantitative estimate of drug-likeness (QED) is 0.908. The molecule has 2 aromatic rings. The molecular weight excluding hydrogens is 314 g/mol. The molecule has 1 aromatic heterocycles. The lowest BCUT2D eigenvalue weighted by Crippen LogP contribution is -2.22. The molecule has 0 radical (unpaired) electrons. The van der Waals surface area contributed by atoms with Crippen molar-refractivity contribution in [2.45, 2.75) is 51.9 Å². The number of nitrogens with zero attached hydrogens (tertiary/aromatic N) is 2. The molecule has 3 rings (SSSR count). The second-order valence-electron chi connectivity index (χ2n) is 7.64. The number of hydrogen-bond donors (Lipinski definition) is 1. The van der Waals surface area contributed by atoms with Crippen molar-refractivity contribution < 1.29 is 9.59 Å². The van der Waals surface area contributed by atoms with Crippen molar-refractivity contribution in [2.75, 3.05) is 5.32 Å². The number of Topliss-reactive ketones (excluding diaryl/α,β-unsaturated/α-hetero) is 1. The maximum absolute atomic E-state index is 12.5. The fourth-order valence-corrected chi connectivity index (χ4v) is 3.15. The van der Waals surface area contributed by atoms with Crippen LogP contribution >= 0.6 is 0 Å². The zero-order chi connectivity index (χ0) is 18.2. The fraction of sp³-hybridized carbons (Fsp3) is 0.400. The summed E-state index contributed by atoms with van der Waals surface area (Å²) in [4.78, 5) is 32.1. The van der Waals surface area contributed by atoms with E-state index in [1.807, 2.05) is 0 Å². The molecule has 1 aliphatic rings. The maximum Gasteiger partial charge on any atom is 0.229 e. The van der Waals surface area contributed by atoms with Gasteiger partial charge in [-0.05, 0) is 28.9 Å². The summed E-state index contributed by atoms with van der Waals surface area (Å²) < 4.78 is 0. The summed E-state index contributed by atoms with van der Waals surface area (Å²) in [5, 5.41) is 2.58. The molecule has 0 spiro atoms. The highest BCUT2D eigenvalue weighted by molar-refractivity contribution is 5.98. The third-order valence-electron chi connectivity index (χ3n) is 4.58. The number of nitrogens with one attached hydrogen (secondary N) is 1. The van der Waals surface area contributed by atoms with Crippen LogP contribution in [0, 0.1) is 0 Å². The van der Waals surface area contributed by atoms with Crippen LogP contribution in [0.25, 0.3) is 0 Å². The molecule has 0 saturated carbocycles. The van der Waals surface area contributed by atoms with Crippen molar-refractivity contribution in [2.24, 2.45) is 0 Å². The van der Waals surface area contributed by atoms with Gasteiger partial charge in [0.15, 0.2) is 5.78 Å². The molecule has 0 bridgehead atoms. The molecule has 130 valence electrons. The molecular formula is C20H23N3O2. The number of rotatable bonds is 2. The van der Waals surface area contributed by atoms with E-state index in [0.717, 1.165) is 5.56 Å². The summed E-state index contributed by atoms with van der Waals surface area (Å²) in [6.07, 6.45) is 2.66. The van der Waals surface area contributed by atoms with E-state index in [9.17, 15) is 9.59 Å². The lowest BCUT2D eigenvalue weighted by molar-refractivity contribution is -0.114. The highest BCUT2D eigenvalue weighted by atomic mass is 16.1. The number of fused-ring (bicyclic) bond motifs is 1. The van der Waals surface area contributed by atoms with E-state index < -0.39 is 0 Å².